The number of hydrogen-bond donors (Lipinski definition) is 0. The molecule has 0 bridgehead atoms. The van der Waals surface area contributed by atoms with E-state index in [1.54, 1.807) is 48.5 Å². The Labute approximate surface area is 163 Å². The number of benzene rings is 2. The summed E-state index contributed by atoms with van der Waals surface area (Å²) in [5.41, 5.74) is 0. The molecule has 0 spiro atoms. The Morgan fingerprint density at radius 3 is 2.00 bits per heavy atom. The summed E-state index contributed by atoms with van der Waals surface area (Å²) in [6.07, 6.45) is 6.11. The van der Waals surface area contributed by atoms with Crippen molar-refractivity contribution in [2.45, 2.75) is 62.2 Å². The van der Waals surface area contributed by atoms with Crippen LogP contribution in [0.3, 0.4) is 0 Å². The Kier molecular flexibility index (Phi) is 8.65. The third-order valence-corrected chi connectivity index (χ3v) is 6.08. The fourth-order valence-corrected chi connectivity index (χ4v) is 4.18. The summed E-state index contributed by atoms with van der Waals surface area (Å²) in [5.74, 6) is 0.827. The molecule has 0 amide bonds. The molecule has 0 N–H and O–H groups in total. The minimum absolute atomic E-state index is 0.165. The Morgan fingerprint density at radius 1 is 0.741 bits per heavy atom. The van der Waals surface area contributed by atoms with Gasteiger partial charge in [-0.05, 0) is 37.1 Å². The van der Waals surface area contributed by atoms with E-state index in [-0.39, 0.29) is 9.79 Å². The predicted octanol–water partition coefficient (Wildman–Crippen LogP) is 5.66. The lowest BCUT2D eigenvalue weighted by Gasteiger charge is -2.17. The highest BCUT2D eigenvalue weighted by atomic mass is 32.2. The molecule has 27 heavy (non-hydrogen) atoms. The number of hydrogen-bond acceptors (Lipinski definition) is 4. The van der Waals surface area contributed by atoms with Crippen molar-refractivity contribution >= 4 is 9.84 Å². The molecule has 148 valence electrons. The van der Waals surface area contributed by atoms with Gasteiger partial charge in [-0.3, -0.25) is 0 Å². The lowest BCUT2D eigenvalue weighted by molar-refractivity contribution is 0.254. The first kappa shape index (κ1) is 21.3. The smallest absolute Gasteiger partial charge is 0.210 e. The van der Waals surface area contributed by atoms with Gasteiger partial charge in [-0.1, -0.05) is 63.8 Å². The highest BCUT2D eigenvalue weighted by molar-refractivity contribution is 7.91. The van der Waals surface area contributed by atoms with Crippen LogP contribution in [-0.4, -0.2) is 21.6 Å². The lowest BCUT2D eigenvalue weighted by atomic mass is 10.2. The topological polar surface area (TPSA) is 52.6 Å². The van der Waals surface area contributed by atoms with Crippen molar-refractivity contribution in [1.29, 1.82) is 0 Å². The molecule has 0 aliphatic rings. The molecule has 0 saturated heterocycles. The van der Waals surface area contributed by atoms with E-state index < -0.39 is 9.84 Å². The van der Waals surface area contributed by atoms with Crippen LogP contribution in [0, 0.1) is 0 Å². The fraction of sp³-hybridized carbons (Fsp3) is 0.455. The van der Waals surface area contributed by atoms with Gasteiger partial charge in [0.05, 0.1) is 18.1 Å². The summed E-state index contributed by atoms with van der Waals surface area (Å²) in [6.45, 7) is 5.28. The quantitative estimate of drug-likeness (QED) is 0.439. The van der Waals surface area contributed by atoms with E-state index in [9.17, 15) is 8.42 Å². The number of sulfone groups is 1. The third-order valence-electron chi connectivity index (χ3n) is 4.29. The van der Waals surface area contributed by atoms with Gasteiger partial charge in [0.25, 0.3) is 0 Å². The molecule has 2 rings (SSSR count). The van der Waals surface area contributed by atoms with Crippen molar-refractivity contribution in [2.75, 3.05) is 13.2 Å². The summed E-state index contributed by atoms with van der Waals surface area (Å²) in [4.78, 5) is 0.421. The normalized spacial score (nSPS) is 11.3. The van der Waals surface area contributed by atoms with Crippen LogP contribution in [0.1, 0.15) is 52.4 Å². The lowest BCUT2D eigenvalue weighted by Crippen LogP contribution is -2.09. The zero-order valence-corrected chi connectivity index (χ0v) is 17.1. The molecule has 0 aliphatic carbocycles. The van der Waals surface area contributed by atoms with Crippen molar-refractivity contribution in [3.63, 3.8) is 0 Å². The second-order valence-corrected chi connectivity index (χ2v) is 8.43. The van der Waals surface area contributed by atoms with Gasteiger partial charge in [-0.25, -0.2) is 8.42 Å². The van der Waals surface area contributed by atoms with Crippen molar-refractivity contribution in [1.82, 2.24) is 0 Å². The van der Waals surface area contributed by atoms with E-state index >= 15 is 0 Å². The Morgan fingerprint density at radius 2 is 1.37 bits per heavy atom. The van der Waals surface area contributed by atoms with Crippen molar-refractivity contribution < 1.29 is 17.9 Å². The molecule has 0 heterocycles. The summed E-state index contributed by atoms with van der Waals surface area (Å²) in [6, 6.07) is 13.5. The summed E-state index contributed by atoms with van der Waals surface area (Å²) >= 11 is 0. The van der Waals surface area contributed by atoms with Gasteiger partial charge in [0.1, 0.15) is 4.90 Å². The molecule has 0 radical (unpaired) electrons. The number of unbranched alkanes of at least 4 members (excludes halogenated alkanes) is 4. The highest BCUT2D eigenvalue weighted by Gasteiger charge is 2.25. The number of para-hydroxylation sites is 1. The van der Waals surface area contributed by atoms with Gasteiger partial charge in [-0.2, -0.15) is 0 Å². The molecule has 0 saturated carbocycles. The van der Waals surface area contributed by atoms with Gasteiger partial charge >= 0.3 is 0 Å². The maximum atomic E-state index is 13.1. The number of rotatable bonds is 12. The molecule has 0 aliphatic heterocycles. The fourth-order valence-electron chi connectivity index (χ4n) is 2.75. The van der Waals surface area contributed by atoms with E-state index in [0.717, 1.165) is 38.5 Å². The van der Waals surface area contributed by atoms with Gasteiger partial charge in [-0.15, -0.1) is 0 Å². The van der Waals surface area contributed by atoms with Gasteiger partial charge in [0.2, 0.25) is 9.84 Å². The second-order valence-electron chi connectivity index (χ2n) is 6.51. The van der Waals surface area contributed by atoms with Crippen LogP contribution in [0.2, 0.25) is 0 Å². The van der Waals surface area contributed by atoms with E-state index in [1.165, 1.54) is 0 Å². The molecule has 0 atom stereocenters. The van der Waals surface area contributed by atoms with Crippen molar-refractivity contribution in [3.8, 4) is 11.5 Å². The van der Waals surface area contributed by atoms with E-state index in [1.807, 2.05) is 0 Å². The zero-order valence-electron chi connectivity index (χ0n) is 16.3. The first-order valence-electron chi connectivity index (χ1n) is 9.80. The molecule has 0 fully saturated rings. The van der Waals surface area contributed by atoms with E-state index in [0.29, 0.717) is 24.7 Å². The van der Waals surface area contributed by atoms with Crippen molar-refractivity contribution in [3.05, 3.63) is 48.5 Å². The van der Waals surface area contributed by atoms with Crippen LogP contribution >= 0.6 is 0 Å². The van der Waals surface area contributed by atoms with Crippen molar-refractivity contribution in [2.24, 2.45) is 0 Å². The number of ether oxygens (including phenoxy) is 2. The van der Waals surface area contributed by atoms with Gasteiger partial charge in [0, 0.05) is 0 Å². The molecule has 0 unspecified atom stereocenters. The van der Waals surface area contributed by atoms with Crippen LogP contribution in [0.5, 0.6) is 11.5 Å². The highest BCUT2D eigenvalue weighted by Crippen LogP contribution is 2.37. The van der Waals surface area contributed by atoms with Crippen LogP contribution < -0.4 is 9.47 Å². The Bertz CT molecular complexity index is 785. The molecule has 5 heteroatoms. The van der Waals surface area contributed by atoms with E-state index in [2.05, 4.69) is 13.8 Å². The van der Waals surface area contributed by atoms with Crippen LogP contribution in [0.4, 0.5) is 0 Å². The third kappa shape index (κ3) is 5.99. The molecular formula is C22H30O4S. The summed E-state index contributed by atoms with van der Waals surface area (Å²) in [7, 11) is -3.68. The first-order chi connectivity index (χ1) is 13.1. The van der Waals surface area contributed by atoms with Gasteiger partial charge in [0.15, 0.2) is 11.5 Å². The minimum atomic E-state index is -3.68. The predicted molar refractivity (Wildman–Crippen MR) is 108 cm³/mol. The first-order valence-corrected chi connectivity index (χ1v) is 11.3. The monoisotopic (exact) mass is 390 g/mol. The minimum Gasteiger partial charge on any atom is -0.490 e. The Balaban J connectivity index is 2.33. The SMILES string of the molecule is CCCCCOc1cccc(S(=O)(=O)c2ccccc2)c1OCCCCC. The van der Waals surface area contributed by atoms with E-state index in [4.69, 9.17) is 9.47 Å². The molecule has 2 aromatic rings. The molecule has 2 aromatic carbocycles. The van der Waals surface area contributed by atoms with Crippen LogP contribution in [-0.2, 0) is 9.84 Å². The average Bonchev–Trinajstić information content (AvgIpc) is 2.69. The van der Waals surface area contributed by atoms with Gasteiger partial charge < -0.3 is 9.47 Å². The zero-order chi connectivity index (χ0) is 19.5. The maximum Gasteiger partial charge on any atom is 0.210 e. The maximum absolute atomic E-state index is 13.1. The Hall–Kier alpha value is -2.01. The average molecular weight is 391 g/mol. The van der Waals surface area contributed by atoms with Crippen LogP contribution in [0.15, 0.2) is 58.3 Å². The molecule has 0 aromatic heterocycles. The standard InChI is InChI=1S/C22H30O4S/c1-3-5-10-17-25-20-15-12-16-21(22(20)26-18-11-6-4-2)27(23,24)19-13-8-7-9-14-19/h7-9,12-16H,3-6,10-11,17-18H2,1-2H3. The second kappa shape index (κ2) is 11.0. The van der Waals surface area contributed by atoms with Crippen LogP contribution in [0.25, 0.3) is 0 Å². The summed E-state index contributed by atoms with van der Waals surface area (Å²) < 4.78 is 38.1. The molecule has 4 nitrogen and oxygen atoms in total. The largest absolute Gasteiger partial charge is 0.490 e. The summed E-state index contributed by atoms with van der Waals surface area (Å²) in [5, 5.41) is 0. The molecular weight excluding hydrogens is 360 g/mol.